The van der Waals surface area contributed by atoms with Gasteiger partial charge in [0.2, 0.25) is 0 Å². The molecule has 0 aromatic heterocycles. The number of nitrogens with two attached hydrogens (primary N) is 1. The Kier molecular flexibility index (Phi) is 4.20. The number of hydrogen-bond donors (Lipinski definition) is 2. The number of carboxylic acids is 1. The zero-order chi connectivity index (χ0) is 9.78. The number of ether oxygens (including phenoxy) is 1. The molecule has 0 aliphatic heterocycles. The molecule has 0 saturated heterocycles. The second kappa shape index (κ2) is 4.42. The minimum atomic E-state index is -0.979. The number of carboxylic acid groups (broad SMARTS) is 1. The van der Waals surface area contributed by atoms with Crippen LogP contribution >= 0.6 is 0 Å². The first-order valence-corrected chi connectivity index (χ1v) is 3.95. The van der Waals surface area contributed by atoms with Gasteiger partial charge in [-0.15, -0.1) is 0 Å². The van der Waals surface area contributed by atoms with Crippen LogP contribution in [-0.2, 0) is 9.53 Å². The van der Waals surface area contributed by atoms with Crippen molar-refractivity contribution >= 4 is 5.97 Å². The Morgan fingerprint density at radius 1 is 1.58 bits per heavy atom. The summed E-state index contributed by atoms with van der Waals surface area (Å²) in [6.07, 6.45) is 0.354. The third-order valence-electron chi connectivity index (χ3n) is 1.28. The van der Waals surface area contributed by atoms with Crippen LogP contribution in [0.2, 0.25) is 0 Å². The van der Waals surface area contributed by atoms with Gasteiger partial charge in [0, 0.05) is 6.61 Å². The molecule has 0 radical (unpaired) electrons. The Hall–Kier alpha value is -0.610. The predicted molar refractivity (Wildman–Crippen MR) is 45.9 cm³/mol. The molecule has 12 heavy (non-hydrogen) atoms. The maximum Gasteiger partial charge on any atom is 0.320 e. The lowest BCUT2D eigenvalue weighted by molar-refractivity contribution is -0.139. The molecule has 0 aliphatic rings. The summed E-state index contributed by atoms with van der Waals surface area (Å²) in [5.74, 6) is -0.979. The molecule has 0 fully saturated rings. The van der Waals surface area contributed by atoms with Crippen molar-refractivity contribution in [2.24, 2.45) is 5.73 Å². The molecule has 0 saturated carbocycles. The summed E-state index contributed by atoms with van der Waals surface area (Å²) < 4.78 is 5.31. The van der Waals surface area contributed by atoms with Crippen molar-refractivity contribution < 1.29 is 14.6 Å². The van der Waals surface area contributed by atoms with Crippen molar-refractivity contribution in [2.45, 2.75) is 38.8 Å². The first-order chi connectivity index (χ1) is 5.33. The number of rotatable bonds is 4. The summed E-state index contributed by atoms with van der Waals surface area (Å²) in [7, 11) is 0. The minimum Gasteiger partial charge on any atom is -0.480 e. The van der Waals surface area contributed by atoms with Crippen LogP contribution in [0.25, 0.3) is 0 Å². The Morgan fingerprint density at radius 2 is 2.08 bits per heavy atom. The van der Waals surface area contributed by atoms with E-state index >= 15 is 0 Å². The molecule has 0 aromatic rings. The Balaban J connectivity index is 3.51. The van der Waals surface area contributed by atoms with Gasteiger partial charge in [0.25, 0.3) is 0 Å². The van der Waals surface area contributed by atoms with Crippen molar-refractivity contribution in [3.8, 4) is 0 Å². The monoisotopic (exact) mass is 175 g/mol. The van der Waals surface area contributed by atoms with Gasteiger partial charge in [-0.25, -0.2) is 0 Å². The molecule has 0 aliphatic carbocycles. The standard InChI is InChI=1S/C8H17NO3/c1-8(2,3)12-5-4-6(9)7(10)11/h6H,4-5,9H2,1-3H3,(H,10,11)/t6-/m1/s1. The van der Waals surface area contributed by atoms with Gasteiger partial charge in [-0.1, -0.05) is 0 Å². The lowest BCUT2D eigenvalue weighted by Crippen LogP contribution is -2.32. The fourth-order valence-electron chi connectivity index (χ4n) is 0.616. The van der Waals surface area contributed by atoms with E-state index < -0.39 is 12.0 Å². The van der Waals surface area contributed by atoms with Crippen LogP contribution in [0.3, 0.4) is 0 Å². The molecule has 1 atom stereocenters. The molecular weight excluding hydrogens is 158 g/mol. The van der Waals surface area contributed by atoms with E-state index in [0.717, 1.165) is 0 Å². The average Bonchev–Trinajstić information content (AvgIpc) is 1.84. The van der Waals surface area contributed by atoms with Gasteiger partial charge >= 0.3 is 5.97 Å². The molecule has 0 amide bonds. The van der Waals surface area contributed by atoms with E-state index in [2.05, 4.69) is 0 Å². The van der Waals surface area contributed by atoms with Crippen molar-refractivity contribution in [3.63, 3.8) is 0 Å². The highest BCUT2D eigenvalue weighted by Crippen LogP contribution is 2.07. The third kappa shape index (κ3) is 6.12. The lowest BCUT2D eigenvalue weighted by Gasteiger charge is -2.19. The van der Waals surface area contributed by atoms with E-state index in [1.807, 2.05) is 20.8 Å². The van der Waals surface area contributed by atoms with Crippen molar-refractivity contribution in [2.75, 3.05) is 6.61 Å². The summed E-state index contributed by atoms with van der Waals surface area (Å²) in [6, 6.07) is -0.813. The first kappa shape index (κ1) is 11.4. The van der Waals surface area contributed by atoms with Gasteiger partial charge in [-0.05, 0) is 27.2 Å². The van der Waals surface area contributed by atoms with E-state index in [1.165, 1.54) is 0 Å². The Labute approximate surface area is 72.7 Å². The largest absolute Gasteiger partial charge is 0.480 e. The predicted octanol–water partition coefficient (Wildman–Crippen LogP) is 0.603. The fourth-order valence-corrected chi connectivity index (χ4v) is 0.616. The maximum absolute atomic E-state index is 10.3. The summed E-state index contributed by atoms with van der Waals surface area (Å²) in [5.41, 5.74) is 5.04. The molecule has 4 heteroatoms. The highest BCUT2D eigenvalue weighted by molar-refractivity contribution is 5.72. The molecule has 0 unspecified atom stereocenters. The quantitative estimate of drug-likeness (QED) is 0.656. The van der Waals surface area contributed by atoms with Crippen LogP contribution in [0.15, 0.2) is 0 Å². The van der Waals surface area contributed by atoms with Gasteiger partial charge in [0.05, 0.1) is 5.60 Å². The van der Waals surface area contributed by atoms with Gasteiger partial charge < -0.3 is 15.6 Å². The molecule has 3 N–H and O–H groups in total. The first-order valence-electron chi connectivity index (χ1n) is 3.95. The summed E-state index contributed by atoms with van der Waals surface area (Å²) >= 11 is 0. The third-order valence-corrected chi connectivity index (χ3v) is 1.28. The lowest BCUT2D eigenvalue weighted by atomic mass is 10.2. The van der Waals surface area contributed by atoms with Gasteiger partial charge in [-0.2, -0.15) is 0 Å². The number of aliphatic carboxylic acids is 1. The van der Waals surface area contributed by atoms with E-state index in [4.69, 9.17) is 15.6 Å². The number of hydrogen-bond acceptors (Lipinski definition) is 3. The second-order valence-electron chi connectivity index (χ2n) is 3.69. The van der Waals surface area contributed by atoms with Crippen LogP contribution in [0.5, 0.6) is 0 Å². The molecule has 0 aromatic carbocycles. The van der Waals surface area contributed by atoms with Crippen LogP contribution in [0.4, 0.5) is 0 Å². The SMILES string of the molecule is CC(C)(C)OCC[C@@H](N)C(=O)O. The maximum atomic E-state index is 10.3. The van der Waals surface area contributed by atoms with Gasteiger partial charge in [-0.3, -0.25) is 4.79 Å². The Bertz CT molecular complexity index is 151. The van der Waals surface area contributed by atoms with Gasteiger partial charge in [0.15, 0.2) is 0 Å². The normalized spacial score (nSPS) is 14.3. The van der Waals surface area contributed by atoms with E-state index in [1.54, 1.807) is 0 Å². The number of carbonyl (C=O) groups is 1. The minimum absolute atomic E-state index is 0.224. The van der Waals surface area contributed by atoms with Crippen molar-refractivity contribution in [1.29, 1.82) is 0 Å². The molecular formula is C8H17NO3. The Morgan fingerprint density at radius 3 is 2.42 bits per heavy atom. The van der Waals surface area contributed by atoms with E-state index in [9.17, 15) is 4.79 Å². The molecule has 0 rings (SSSR count). The molecule has 0 bridgehead atoms. The molecule has 0 heterocycles. The zero-order valence-electron chi connectivity index (χ0n) is 7.83. The summed E-state index contributed by atoms with van der Waals surface area (Å²) in [6.45, 7) is 6.13. The molecule has 0 spiro atoms. The van der Waals surface area contributed by atoms with Crippen LogP contribution in [0.1, 0.15) is 27.2 Å². The molecule has 4 nitrogen and oxygen atoms in total. The molecule has 72 valence electrons. The van der Waals surface area contributed by atoms with Crippen molar-refractivity contribution in [3.05, 3.63) is 0 Å². The smallest absolute Gasteiger partial charge is 0.320 e. The average molecular weight is 175 g/mol. The van der Waals surface area contributed by atoms with E-state index in [-0.39, 0.29) is 5.60 Å². The van der Waals surface area contributed by atoms with Gasteiger partial charge in [0.1, 0.15) is 6.04 Å². The van der Waals surface area contributed by atoms with E-state index in [0.29, 0.717) is 13.0 Å². The van der Waals surface area contributed by atoms with Crippen LogP contribution < -0.4 is 5.73 Å². The fraction of sp³-hybridized carbons (Fsp3) is 0.875. The van der Waals surface area contributed by atoms with Crippen molar-refractivity contribution in [1.82, 2.24) is 0 Å². The zero-order valence-corrected chi connectivity index (χ0v) is 7.83. The van der Waals surface area contributed by atoms with Crippen LogP contribution in [-0.4, -0.2) is 29.3 Å². The van der Waals surface area contributed by atoms with Crippen LogP contribution in [0, 0.1) is 0 Å². The summed E-state index contributed by atoms with van der Waals surface area (Å²) in [5, 5.41) is 8.43. The highest BCUT2D eigenvalue weighted by atomic mass is 16.5. The second-order valence-corrected chi connectivity index (χ2v) is 3.69. The topological polar surface area (TPSA) is 72.5 Å². The highest BCUT2D eigenvalue weighted by Gasteiger charge is 2.14. The summed E-state index contributed by atoms with van der Waals surface area (Å²) in [4.78, 5) is 10.3.